The van der Waals surface area contributed by atoms with E-state index in [1.54, 1.807) is 24.3 Å². The van der Waals surface area contributed by atoms with Gasteiger partial charge in [-0.2, -0.15) is 0 Å². The van der Waals surface area contributed by atoms with E-state index in [4.69, 9.17) is 5.73 Å². The molecule has 4 nitrogen and oxygen atoms in total. The Morgan fingerprint density at radius 2 is 1.56 bits per heavy atom. The lowest BCUT2D eigenvalue weighted by atomic mass is 9.98. The number of amides is 1. The van der Waals surface area contributed by atoms with Crippen LogP contribution in [-0.4, -0.2) is 11.0 Å². The Labute approximate surface area is 202 Å². The summed E-state index contributed by atoms with van der Waals surface area (Å²) in [5, 5.41) is 12.4. The molecule has 1 amide bonds. The average Bonchev–Trinajstić information content (AvgIpc) is 2.88. The Balaban J connectivity index is 1.65. The standard InChI is InChI=1S/C30H32N2O2/c1-4-22-19-26(13-14-27(22)20-31)21(3)7-6-8-28(5-2)32-30(34)25-11-9-23(10-12-25)24-15-17-29(33)18-16-24/h5-19,33H,4,20,31H2,1-3H3,(H,32,34)/b8-6-,21-7+,28-5+. The molecule has 0 aromatic heterocycles. The van der Waals surface area contributed by atoms with Crippen molar-refractivity contribution in [2.45, 2.75) is 33.7 Å². The van der Waals surface area contributed by atoms with Crippen LogP contribution >= 0.6 is 0 Å². The van der Waals surface area contributed by atoms with Gasteiger partial charge in [0.1, 0.15) is 5.75 Å². The molecule has 0 atom stereocenters. The molecular formula is C30H32N2O2. The van der Waals surface area contributed by atoms with Crippen LogP contribution in [0.5, 0.6) is 5.75 Å². The van der Waals surface area contributed by atoms with E-state index in [1.807, 2.05) is 55.5 Å². The minimum Gasteiger partial charge on any atom is -0.508 e. The molecule has 4 N–H and O–H groups in total. The van der Waals surface area contributed by atoms with Gasteiger partial charge in [0.15, 0.2) is 0 Å². The molecule has 34 heavy (non-hydrogen) atoms. The van der Waals surface area contributed by atoms with E-state index >= 15 is 0 Å². The largest absolute Gasteiger partial charge is 0.508 e. The summed E-state index contributed by atoms with van der Waals surface area (Å²) >= 11 is 0. The summed E-state index contributed by atoms with van der Waals surface area (Å²) in [5.41, 5.74) is 13.9. The zero-order valence-corrected chi connectivity index (χ0v) is 20.0. The second kappa shape index (κ2) is 11.8. The average molecular weight is 453 g/mol. The molecule has 0 spiro atoms. The predicted octanol–water partition coefficient (Wildman–Crippen LogP) is 6.37. The number of aryl methyl sites for hydroxylation is 1. The van der Waals surface area contributed by atoms with Crippen molar-refractivity contribution >= 4 is 11.5 Å². The van der Waals surface area contributed by atoms with Gasteiger partial charge in [-0.05, 0) is 84.0 Å². The summed E-state index contributed by atoms with van der Waals surface area (Å²) in [4.78, 5) is 12.7. The Morgan fingerprint density at radius 1 is 0.941 bits per heavy atom. The van der Waals surface area contributed by atoms with E-state index in [0.29, 0.717) is 12.1 Å². The maximum Gasteiger partial charge on any atom is 0.255 e. The molecule has 3 aromatic rings. The number of phenols is 1. The summed E-state index contributed by atoms with van der Waals surface area (Å²) in [7, 11) is 0. The molecule has 3 rings (SSSR count). The highest BCUT2D eigenvalue weighted by atomic mass is 16.3. The molecule has 0 saturated carbocycles. The van der Waals surface area contributed by atoms with Crippen LogP contribution in [0, 0.1) is 0 Å². The summed E-state index contributed by atoms with van der Waals surface area (Å²) in [6.07, 6.45) is 8.70. The van der Waals surface area contributed by atoms with Crippen molar-refractivity contribution in [3.8, 4) is 16.9 Å². The van der Waals surface area contributed by atoms with Crippen LogP contribution < -0.4 is 11.1 Å². The van der Waals surface area contributed by atoms with Crippen molar-refractivity contribution in [3.63, 3.8) is 0 Å². The maximum atomic E-state index is 12.7. The van der Waals surface area contributed by atoms with E-state index in [1.165, 1.54) is 16.7 Å². The number of carbonyl (C=O) groups is 1. The zero-order chi connectivity index (χ0) is 24.5. The number of benzene rings is 3. The molecule has 174 valence electrons. The first-order valence-corrected chi connectivity index (χ1v) is 11.5. The van der Waals surface area contributed by atoms with E-state index in [-0.39, 0.29) is 11.7 Å². The van der Waals surface area contributed by atoms with Crippen LogP contribution in [0.15, 0.2) is 96.7 Å². The quantitative estimate of drug-likeness (QED) is 0.347. The molecule has 4 heteroatoms. The van der Waals surface area contributed by atoms with Gasteiger partial charge in [0, 0.05) is 17.8 Å². The Kier molecular flexibility index (Phi) is 8.60. The van der Waals surface area contributed by atoms with Crippen LogP contribution in [0.2, 0.25) is 0 Å². The summed E-state index contributed by atoms with van der Waals surface area (Å²) < 4.78 is 0. The third-order valence-corrected chi connectivity index (χ3v) is 5.80. The Hall–Kier alpha value is -3.89. The van der Waals surface area contributed by atoms with Crippen LogP contribution in [0.1, 0.15) is 47.8 Å². The van der Waals surface area contributed by atoms with E-state index in [2.05, 4.69) is 37.4 Å². The molecule has 0 radical (unpaired) electrons. The van der Waals surface area contributed by atoms with Gasteiger partial charge in [-0.25, -0.2) is 0 Å². The zero-order valence-electron chi connectivity index (χ0n) is 20.0. The van der Waals surface area contributed by atoms with Crippen molar-refractivity contribution in [3.05, 3.63) is 119 Å². The van der Waals surface area contributed by atoms with Gasteiger partial charge in [-0.3, -0.25) is 4.79 Å². The first-order chi connectivity index (χ1) is 16.4. The normalized spacial score (nSPS) is 12.2. The van der Waals surface area contributed by atoms with Crippen LogP contribution in [0.25, 0.3) is 16.7 Å². The second-order valence-corrected chi connectivity index (χ2v) is 8.07. The minimum atomic E-state index is -0.166. The fourth-order valence-electron chi connectivity index (χ4n) is 3.67. The van der Waals surface area contributed by atoms with Crippen LogP contribution in [-0.2, 0) is 13.0 Å². The lowest BCUT2D eigenvalue weighted by Gasteiger charge is -2.09. The third kappa shape index (κ3) is 6.33. The predicted molar refractivity (Wildman–Crippen MR) is 141 cm³/mol. The number of nitrogens with one attached hydrogen (secondary N) is 1. The SMILES string of the molecule is C\C=C(/C=C\C=C(/C)c1ccc(CN)c(CC)c1)NC(=O)c1ccc(-c2ccc(O)cc2)cc1. The Bertz CT molecular complexity index is 1220. The molecule has 3 aromatic carbocycles. The van der Waals surface area contributed by atoms with Crippen LogP contribution in [0.4, 0.5) is 0 Å². The minimum absolute atomic E-state index is 0.166. The lowest BCUT2D eigenvalue weighted by Crippen LogP contribution is -2.21. The number of carbonyl (C=O) groups excluding carboxylic acids is 1. The van der Waals surface area contributed by atoms with Gasteiger partial charge < -0.3 is 16.2 Å². The molecule has 0 saturated heterocycles. The Morgan fingerprint density at radius 3 is 2.15 bits per heavy atom. The van der Waals surface area contributed by atoms with Gasteiger partial charge in [-0.1, -0.05) is 67.6 Å². The van der Waals surface area contributed by atoms with Gasteiger partial charge in [0.05, 0.1) is 0 Å². The van der Waals surface area contributed by atoms with Crippen molar-refractivity contribution in [1.29, 1.82) is 0 Å². The first kappa shape index (κ1) is 24.7. The summed E-state index contributed by atoms with van der Waals surface area (Å²) in [5.74, 6) is 0.0626. The first-order valence-electron chi connectivity index (χ1n) is 11.5. The van der Waals surface area contributed by atoms with Crippen molar-refractivity contribution in [2.24, 2.45) is 5.73 Å². The molecule has 0 fully saturated rings. The van der Waals surface area contributed by atoms with Crippen molar-refractivity contribution < 1.29 is 9.90 Å². The lowest BCUT2D eigenvalue weighted by molar-refractivity contribution is 0.0967. The fourth-order valence-corrected chi connectivity index (χ4v) is 3.67. The number of aromatic hydroxyl groups is 1. The highest BCUT2D eigenvalue weighted by Gasteiger charge is 2.07. The second-order valence-electron chi connectivity index (χ2n) is 8.07. The van der Waals surface area contributed by atoms with Crippen molar-refractivity contribution in [2.75, 3.05) is 0 Å². The summed E-state index contributed by atoms with van der Waals surface area (Å²) in [6, 6.07) is 20.8. The third-order valence-electron chi connectivity index (χ3n) is 5.80. The van der Waals surface area contributed by atoms with E-state index < -0.39 is 0 Å². The van der Waals surface area contributed by atoms with Gasteiger partial charge in [-0.15, -0.1) is 0 Å². The van der Waals surface area contributed by atoms with Gasteiger partial charge in [0.25, 0.3) is 5.91 Å². The highest BCUT2D eigenvalue weighted by Crippen LogP contribution is 2.22. The molecule has 0 aliphatic carbocycles. The summed E-state index contributed by atoms with van der Waals surface area (Å²) in [6.45, 7) is 6.66. The topological polar surface area (TPSA) is 75.3 Å². The molecule has 0 aliphatic rings. The van der Waals surface area contributed by atoms with Gasteiger partial charge in [0.2, 0.25) is 0 Å². The molecular weight excluding hydrogens is 420 g/mol. The number of hydrogen-bond acceptors (Lipinski definition) is 3. The smallest absolute Gasteiger partial charge is 0.255 e. The van der Waals surface area contributed by atoms with Crippen molar-refractivity contribution in [1.82, 2.24) is 5.32 Å². The number of phenolic OH excluding ortho intramolecular Hbond substituents is 1. The highest BCUT2D eigenvalue weighted by molar-refractivity contribution is 5.96. The monoisotopic (exact) mass is 452 g/mol. The molecule has 0 aliphatic heterocycles. The number of rotatable bonds is 8. The number of hydrogen-bond donors (Lipinski definition) is 3. The van der Waals surface area contributed by atoms with E-state index in [9.17, 15) is 9.90 Å². The molecule has 0 unspecified atom stereocenters. The van der Waals surface area contributed by atoms with Gasteiger partial charge >= 0.3 is 0 Å². The van der Waals surface area contributed by atoms with E-state index in [0.717, 1.165) is 28.8 Å². The fraction of sp³-hybridized carbons (Fsp3) is 0.167. The number of nitrogens with two attached hydrogens (primary N) is 1. The maximum absolute atomic E-state index is 12.7. The van der Waals surface area contributed by atoms with Crippen LogP contribution in [0.3, 0.4) is 0 Å². The number of allylic oxidation sites excluding steroid dienone is 5. The molecule has 0 bridgehead atoms. The molecule has 0 heterocycles.